The number of nitrogens with zero attached hydrogens (tertiary/aromatic N) is 3. The van der Waals surface area contributed by atoms with Gasteiger partial charge in [-0.05, 0) is 24.6 Å². The van der Waals surface area contributed by atoms with Crippen LogP contribution in [-0.4, -0.2) is 27.0 Å². The van der Waals surface area contributed by atoms with Gasteiger partial charge >= 0.3 is 0 Å². The highest BCUT2D eigenvalue weighted by molar-refractivity contribution is 5.77. The summed E-state index contributed by atoms with van der Waals surface area (Å²) in [6.07, 6.45) is 1.77. The zero-order chi connectivity index (χ0) is 13.9. The lowest BCUT2D eigenvalue weighted by Crippen LogP contribution is -2.04. The molecule has 0 aliphatic carbocycles. The van der Waals surface area contributed by atoms with Gasteiger partial charge in [-0.2, -0.15) is 0 Å². The summed E-state index contributed by atoms with van der Waals surface area (Å²) in [5, 5.41) is 3.07. The van der Waals surface area contributed by atoms with Crippen molar-refractivity contribution >= 4 is 22.9 Å². The molecule has 0 amide bonds. The first-order valence-electron chi connectivity index (χ1n) is 6.29. The van der Waals surface area contributed by atoms with Crippen LogP contribution in [0.4, 0.5) is 11.9 Å². The summed E-state index contributed by atoms with van der Waals surface area (Å²) in [5.74, 6) is 1.13. The van der Waals surface area contributed by atoms with E-state index in [4.69, 9.17) is 4.74 Å². The highest BCUT2D eigenvalue weighted by atomic mass is 16.5. The summed E-state index contributed by atoms with van der Waals surface area (Å²) in [6.45, 7) is 2.42. The molecule has 3 aromatic rings. The normalized spacial score (nSPS) is 10.9. The summed E-state index contributed by atoms with van der Waals surface area (Å²) in [5.41, 5.74) is 3.74. The van der Waals surface area contributed by atoms with Gasteiger partial charge in [0.05, 0.1) is 23.3 Å². The molecule has 0 unspecified atom stereocenters. The third kappa shape index (κ3) is 2.46. The molecule has 0 bridgehead atoms. The SMILES string of the molecule is COCc1nc(Nc2nc3ccccc3[nH]2)ncc1C. The number of imidazole rings is 1. The van der Waals surface area contributed by atoms with Gasteiger partial charge in [0, 0.05) is 13.3 Å². The number of benzene rings is 1. The second-order valence-electron chi connectivity index (χ2n) is 4.48. The molecule has 0 saturated heterocycles. The van der Waals surface area contributed by atoms with Crippen LogP contribution in [0.15, 0.2) is 30.5 Å². The predicted molar refractivity (Wildman–Crippen MR) is 76.9 cm³/mol. The smallest absolute Gasteiger partial charge is 0.229 e. The van der Waals surface area contributed by atoms with Crippen molar-refractivity contribution in [3.63, 3.8) is 0 Å². The predicted octanol–water partition coefficient (Wildman–Crippen LogP) is 2.55. The molecule has 2 aromatic heterocycles. The van der Waals surface area contributed by atoms with Gasteiger partial charge in [0.1, 0.15) is 0 Å². The number of methoxy groups -OCH3 is 1. The van der Waals surface area contributed by atoms with Crippen molar-refractivity contribution in [1.29, 1.82) is 0 Å². The van der Waals surface area contributed by atoms with Crippen molar-refractivity contribution in [3.05, 3.63) is 41.7 Å². The van der Waals surface area contributed by atoms with Gasteiger partial charge in [-0.1, -0.05) is 12.1 Å². The first-order valence-corrected chi connectivity index (χ1v) is 6.29. The van der Waals surface area contributed by atoms with Crippen molar-refractivity contribution in [2.45, 2.75) is 13.5 Å². The molecule has 0 saturated carbocycles. The molecule has 20 heavy (non-hydrogen) atoms. The Hall–Kier alpha value is -2.47. The molecule has 6 heteroatoms. The lowest BCUT2D eigenvalue weighted by Gasteiger charge is -2.06. The minimum Gasteiger partial charge on any atom is -0.378 e. The summed E-state index contributed by atoms with van der Waals surface area (Å²) in [4.78, 5) is 16.3. The van der Waals surface area contributed by atoms with E-state index in [1.54, 1.807) is 13.3 Å². The van der Waals surface area contributed by atoms with E-state index in [1.165, 1.54) is 0 Å². The molecule has 0 aliphatic rings. The van der Waals surface area contributed by atoms with Crippen LogP contribution in [-0.2, 0) is 11.3 Å². The zero-order valence-electron chi connectivity index (χ0n) is 11.3. The minimum atomic E-state index is 0.461. The fourth-order valence-electron chi connectivity index (χ4n) is 1.94. The number of H-pyrrole nitrogens is 1. The standard InChI is InChI=1S/C14H15N5O/c1-9-7-15-13(18-12(9)8-20-2)19-14-16-10-5-3-4-6-11(10)17-14/h3-7H,8H2,1-2H3,(H2,15,16,17,18,19). The van der Waals surface area contributed by atoms with Crippen molar-refractivity contribution in [1.82, 2.24) is 19.9 Å². The maximum absolute atomic E-state index is 5.12. The Morgan fingerprint density at radius 3 is 2.90 bits per heavy atom. The molecule has 6 nitrogen and oxygen atoms in total. The monoisotopic (exact) mass is 269 g/mol. The zero-order valence-corrected chi connectivity index (χ0v) is 11.3. The van der Waals surface area contributed by atoms with Gasteiger partial charge in [-0.15, -0.1) is 0 Å². The van der Waals surface area contributed by atoms with Crippen LogP contribution in [0.3, 0.4) is 0 Å². The highest BCUT2D eigenvalue weighted by Crippen LogP contribution is 2.16. The molecule has 2 heterocycles. The minimum absolute atomic E-state index is 0.461. The van der Waals surface area contributed by atoms with Crippen molar-refractivity contribution in [2.24, 2.45) is 0 Å². The number of nitrogens with one attached hydrogen (secondary N) is 2. The van der Waals surface area contributed by atoms with E-state index < -0.39 is 0 Å². The molecule has 0 spiro atoms. The Kier molecular flexibility index (Phi) is 3.30. The van der Waals surface area contributed by atoms with E-state index >= 15 is 0 Å². The van der Waals surface area contributed by atoms with Crippen molar-refractivity contribution in [2.75, 3.05) is 12.4 Å². The lowest BCUT2D eigenvalue weighted by molar-refractivity contribution is 0.181. The number of rotatable bonds is 4. The molecular weight excluding hydrogens is 254 g/mol. The average Bonchev–Trinajstić information content (AvgIpc) is 2.85. The third-order valence-corrected chi connectivity index (χ3v) is 2.98. The third-order valence-electron chi connectivity index (χ3n) is 2.98. The topological polar surface area (TPSA) is 75.7 Å². The van der Waals surface area contributed by atoms with E-state index in [2.05, 4.69) is 25.3 Å². The molecule has 1 aromatic carbocycles. The fourth-order valence-corrected chi connectivity index (χ4v) is 1.94. The summed E-state index contributed by atoms with van der Waals surface area (Å²) in [6, 6.07) is 7.83. The van der Waals surface area contributed by atoms with Crippen LogP contribution in [0.1, 0.15) is 11.3 Å². The van der Waals surface area contributed by atoms with Crippen LogP contribution in [0.2, 0.25) is 0 Å². The summed E-state index contributed by atoms with van der Waals surface area (Å²) < 4.78 is 5.12. The van der Waals surface area contributed by atoms with Gasteiger partial charge in [-0.25, -0.2) is 15.0 Å². The first-order chi connectivity index (χ1) is 9.76. The Labute approximate surface area is 116 Å². The molecule has 0 fully saturated rings. The highest BCUT2D eigenvalue weighted by Gasteiger charge is 2.06. The van der Waals surface area contributed by atoms with E-state index in [0.717, 1.165) is 22.3 Å². The molecule has 0 atom stereocenters. The van der Waals surface area contributed by atoms with Crippen LogP contribution >= 0.6 is 0 Å². The second kappa shape index (κ2) is 5.26. The van der Waals surface area contributed by atoms with Gasteiger partial charge in [-0.3, -0.25) is 5.32 Å². The Morgan fingerprint density at radius 1 is 1.25 bits per heavy atom. The second-order valence-corrected chi connectivity index (χ2v) is 4.48. The quantitative estimate of drug-likeness (QED) is 0.761. The number of anilines is 2. The number of aromatic amines is 1. The van der Waals surface area contributed by atoms with Crippen LogP contribution in [0.25, 0.3) is 11.0 Å². The van der Waals surface area contributed by atoms with Gasteiger partial charge < -0.3 is 9.72 Å². The fraction of sp³-hybridized carbons (Fsp3) is 0.214. The average molecular weight is 269 g/mol. The number of hydrogen-bond acceptors (Lipinski definition) is 5. The number of fused-ring (bicyclic) bond motifs is 1. The van der Waals surface area contributed by atoms with E-state index in [9.17, 15) is 0 Å². The maximum atomic E-state index is 5.12. The number of aromatic nitrogens is 4. The molecule has 2 N–H and O–H groups in total. The van der Waals surface area contributed by atoms with Crippen LogP contribution in [0.5, 0.6) is 0 Å². The van der Waals surface area contributed by atoms with E-state index in [1.807, 2.05) is 31.2 Å². The Bertz CT molecular complexity index is 704. The maximum Gasteiger partial charge on any atom is 0.229 e. The van der Waals surface area contributed by atoms with Crippen LogP contribution in [0, 0.1) is 6.92 Å². The van der Waals surface area contributed by atoms with E-state index in [-0.39, 0.29) is 0 Å². The van der Waals surface area contributed by atoms with Crippen molar-refractivity contribution in [3.8, 4) is 0 Å². The molecular formula is C14H15N5O. The molecule has 0 aliphatic heterocycles. The number of para-hydroxylation sites is 2. The number of aryl methyl sites for hydroxylation is 1. The lowest BCUT2D eigenvalue weighted by atomic mass is 10.3. The van der Waals surface area contributed by atoms with Crippen LogP contribution < -0.4 is 5.32 Å². The summed E-state index contributed by atoms with van der Waals surface area (Å²) >= 11 is 0. The number of ether oxygens (including phenoxy) is 1. The van der Waals surface area contributed by atoms with Gasteiger partial charge in [0.25, 0.3) is 0 Å². The van der Waals surface area contributed by atoms with Gasteiger partial charge in [0.2, 0.25) is 11.9 Å². The summed E-state index contributed by atoms with van der Waals surface area (Å²) in [7, 11) is 1.65. The van der Waals surface area contributed by atoms with Gasteiger partial charge in [0.15, 0.2) is 0 Å². The first kappa shape index (κ1) is 12.6. The van der Waals surface area contributed by atoms with Crippen molar-refractivity contribution < 1.29 is 4.74 Å². The molecule has 3 rings (SSSR count). The molecule has 0 radical (unpaired) electrons. The largest absolute Gasteiger partial charge is 0.378 e. The molecule has 102 valence electrons. The Morgan fingerprint density at radius 2 is 2.10 bits per heavy atom. The number of hydrogen-bond donors (Lipinski definition) is 2. The van der Waals surface area contributed by atoms with E-state index in [0.29, 0.717) is 18.5 Å². The Balaban J connectivity index is 1.88.